The number of hydrogen-bond donors (Lipinski definition) is 2. The van der Waals surface area contributed by atoms with Gasteiger partial charge in [-0.2, -0.15) is 0 Å². The molecule has 134 valence electrons. The first-order chi connectivity index (χ1) is 11.2. The second-order valence-electron chi connectivity index (χ2n) is 7.04. The zero-order chi connectivity index (χ0) is 18.3. The summed E-state index contributed by atoms with van der Waals surface area (Å²) in [6, 6.07) is 7.51. The molecule has 0 aliphatic carbocycles. The van der Waals surface area contributed by atoms with Gasteiger partial charge in [0.05, 0.1) is 11.3 Å². The van der Waals surface area contributed by atoms with Crippen molar-refractivity contribution in [3.8, 4) is 0 Å². The summed E-state index contributed by atoms with van der Waals surface area (Å²) in [5, 5.41) is 2.85. The van der Waals surface area contributed by atoms with Crippen LogP contribution in [-0.4, -0.2) is 48.6 Å². The van der Waals surface area contributed by atoms with E-state index in [2.05, 4.69) is 5.32 Å². The van der Waals surface area contributed by atoms with Crippen LogP contribution in [0.15, 0.2) is 29.2 Å². The van der Waals surface area contributed by atoms with Crippen LogP contribution in [0.1, 0.15) is 38.1 Å². The lowest BCUT2D eigenvalue weighted by Gasteiger charge is -2.29. The number of hydrogen-bond acceptors (Lipinski definition) is 4. The van der Waals surface area contributed by atoms with Crippen LogP contribution in [0.3, 0.4) is 0 Å². The maximum atomic E-state index is 12.8. The minimum atomic E-state index is -0.135. The molecule has 3 N–H and O–H groups in total. The molecule has 0 heterocycles. The third kappa shape index (κ3) is 6.53. The predicted molar refractivity (Wildman–Crippen MR) is 100 cm³/mol. The molecule has 0 spiro atoms. The summed E-state index contributed by atoms with van der Waals surface area (Å²) in [4.78, 5) is 27.1. The topological polar surface area (TPSA) is 75.4 Å². The molecule has 0 radical (unpaired) electrons. The van der Waals surface area contributed by atoms with Gasteiger partial charge in [-0.1, -0.05) is 26.0 Å². The van der Waals surface area contributed by atoms with Gasteiger partial charge in [-0.05, 0) is 37.9 Å². The smallest absolute Gasteiger partial charge is 0.254 e. The normalized spacial score (nSPS) is 11.5. The van der Waals surface area contributed by atoms with Crippen molar-refractivity contribution in [2.75, 3.05) is 25.9 Å². The van der Waals surface area contributed by atoms with Crippen molar-refractivity contribution in [3.63, 3.8) is 0 Å². The van der Waals surface area contributed by atoms with Crippen LogP contribution in [0.4, 0.5) is 0 Å². The number of thioether (sulfide) groups is 1. The highest BCUT2D eigenvalue weighted by atomic mass is 32.2. The zero-order valence-electron chi connectivity index (χ0n) is 15.3. The van der Waals surface area contributed by atoms with Crippen molar-refractivity contribution in [2.24, 2.45) is 11.1 Å². The molecule has 0 aliphatic heterocycles. The number of carbonyl (C=O) groups is 2. The van der Waals surface area contributed by atoms with E-state index in [0.717, 1.165) is 4.90 Å². The molecule has 24 heavy (non-hydrogen) atoms. The van der Waals surface area contributed by atoms with Crippen LogP contribution >= 0.6 is 11.8 Å². The number of benzene rings is 1. The van der Waals surface area contributed by atoms with Crippen LogP contribution in [-0.2, 0) is 4.79 Å². The Morgan fingerprint density at radius 3 is 2.50 bits per heavy atom. The predicted octanol–water partition coefficient (Wildman–Crippen LogP) is 2.36. The van der Waals surface area contributed by atoms with Gasteiger partial charge in [-0.3, -0.25) is 9.59 Å². The van der Waals surface area contributed by atoms with Gasteiger partial charge in [-0.25, -0.2) is 0 Å². The van der Waals surface area contributed by atoms with E-state index in [1.807, 2.05) is 45.9 Å². The van der Waals surface area contributed by atoms with Crippen molar-refractivity contribution in [1.29, 1.82) is 0 Å². The molecule has 1 aromatic rings. The first kappa shape index (κ1) is 20.5. The Hall–Kier alpha value is -1.53. The van der Waals surface area contributed by atoms with Crippen molar-refractivity contribution in [2.45, 2.75) is 38.6 Å². The molecular weight excluding hydrogens is 322 g/mol. The SMILES string of the molecule is CC(C)NC(=O)CSc1ccccc1C(=O)N(C)CC(C)(C)CN. The van der Waals surface area contributed by atoms with Crippen molar-refractivity contribution >= 4 is 23.6 Å². The maximum absolute atomic E-state index is 12.8. The van der Waals surface area contributed by atoms with Crippen molar-refractivity contribution < 1.29 is 9.59 Å². The molecule has 0 unspecified atom stereocenters. The average molecular weight is 352 g/mol. The van der Waals surface area contributed by atoms with E-state index in [9.17, 15) is 9.59 Å². The summed E-state index contributed by atoms with van der Waals surface area (Å²) < 4.78 is 0. The quantitative estimate of drug-likeness (QED) is 0.705. The van der Waals surface area contributed by atoms with E-state index in [-0.39, 0.29) is 23.3 Å². The first-order valence-electron chi connectivity index (χ1n) is 8.13. The van der Waals surface area contributed by atoms with Gasteiger partial charge in [0, 0.05) is 24.5 Å². The molecule has 0 saturated carbocycles. The summed E-state index contributed by atoms with van der Waals surface area (Å²) in [7, 11) is 1.78. The Bertz CT molecular complexity index is 573. The second kappa shape index (κ2) is 9.08. The third-order valence-corrected chi connectivity index (χ3v) is 4.56. The van der Waals surface area contributed by atoms with E-state index in [4.69, 9.17) is 5.73 Å². The maximum Gasteiger partial charge on any atom is 0.254 e. The molecule has 0 fully saturated rings. The lowest BCUT2D eigenvalue weighted by atomic mass is 9.93. The minimum absolute atomic E-state index is 0.0325. The van der Waals surface area contributed by atoms with Gasteiger partial charge < -0.3 is 16.0 Å². The zero-order valence-corrected chi connectivity index (χ0v) is 16.1. The first-order valence-corrected chi connectivity index (χ1v) is 9.11. The molecule has 0 aliphatic rings. The van der Waals surface area contributed by atoms with Crippen LogP contribution in [0.5, 0.6) is 0 Å². The van der Waals surface area contributed by atoms with Crippen LogP contribution in [0.25, 0.3) is 0 Å². The monoisotopic (exact) mass is 351 g/mol. The van der Waals surface area contributed by atoms with E-state index >= 15 is 0 Å². The fourth-order valence-corrected chi connectivity index (χ4v) is 3.12. The number of rotatable bonds is 8. The van der Waals surface area contributed by atoms with Crippen LogP contribution < -0.4 is 11.1 Å². The molecule has 2 amide bonds. The lowest BCUT2D eigenvalue weighted by Crippen LogP contribution is -2.40. The molecule has 0 bridgehead atoms. The summed E-state index contributed by atoms with van der Waals surface area (Å²) in [5.41, 5.74) is 6.24. The second-order valence-corrected chi connectivity index (χ2v) is 8.05. The molecule has 1 rings (SSSR count). The van der Waals surface area contributed by atoms with Gasteiger partial charge in [0.25, 0.3) is 5.91 Å². The number of nitrogens with one attached hydrogen (secondary N) is 1. The Balaban J connectivity index is 2.81. The minimum Gasteiger partial charge on any atom is -0.353 e. The highest BCUT2D eigenvalue weighted by Gasteiger charge is 2.23. The molecule has 6 heteroatoms. The van der Waals surface area contributed by atoms with Gasteiger partial charge in [0.15, 0.2) is 0 Å². The number of amides is 2. The Morgan fingerprint density at radius 1 is 1.29 bits per heavy atom. The van der Waals surface area contributed by atoms with Gasteiger partial charge in [0.1, 0.15) is 0 Å². The van der Waals surface area contributed by atoms with Gasteiger partial charge in [-0.15, -0.1) is 11.8 Å². The molecule has 0 atom stereocenters. The Kier molecular flexibility index (Phi) is 7.76. The summed E-state index contributed by atoms with van der Waals surface area (Å²) in [6.45, 7) is 9.01. The van der Waals surface area contributed by atoms with Crippen LogP contribution in [0.2, 0.25) is 0 Å². The number of nitrogens with two attached hydrogens (primary N) is 1. The Labute approximate surface area is 149 Å². The van der Waals surface area contributed by atoms with Crippen molar-refractivity contribution in [1.82, 2.24) is 10.2 Å². The van der Waals surface area contributed by atoms with Crippen molar-refractivity contribution in [3.05, 3.63) is 29.8 Å². The van der Waals surface area contributed by atoms with E-state index in [1.54, 1.807) is 18.0 Å². The largest absolute Gasteiger partial charge is 0.353 e. The third-order valence-electron chi connectivity index (χ3n) is 3.49. The summed E-state index contributed by atoms with van der Waals surface area (Å²) in [5.74, 6) is 0.208. The highest BCUT2D eigenvalue weighted by Crippen LogP contribution is 2.24. The number of carbonyl (C=O) groups excluding carboxylic acids is 2. The van der Waals surface area contributed by atoms with Gasteiger partial charge in [0.2, 0.25) is 5.91 Å². The molecule has 0 aromatic heterocycles. The van der Waals surface area contributed by atoms with E-state index in [1.165, 1.54) is 11.8 Å². The molecule has 1 aromatic carbocycles. The average Bonchev–Trinajstić information content (AvgIpc) is 2.51. The standard InChI is InChI=1S/C18H29N3O2S/c1-13(2)20-16(22)10-24-15-9-7-6-8-14(15)17(23)21(5)12-18(3,4)11-19/h6-9,13H,10-12,19H2,1-5H3,(H,20,22). The molecular formula is C18H29N3O2S. The summed E-state index contributed by atoms with van der Waals surface area (Å²) >= 11 is 1.38. The molecule has 5 nitrogen and oxygen atoms in total. The fourth-order valence-electron chi connectivity index (χ4n) is 2.26. The molecule has 0 saturated heterocycles. The lowest BCUT2D eigenvalue weighted by molar-refractivity contribution is -0.119. The van der Waals surface area contributed by atoms with Crippen LogP contribution in [0, 0.1) is 5.41 Å². The number of nitrogens with zero attached hydrogens (tertiary/aromatic N) is 1. The Morgan fingerprint density at radius 2 is 1.92 bits per heavy atom. The summed E-state index contributed by atoms with van der Waals surface area (Å²) in [6.07, 6.45) is 0. The van der Waals surface area contributed by atoms with E-state index in [0.29, 0.717) is 24.4 Å². The van der Waals surface area contributed by atoms with E-state index < -0.39 is 0 Å². The fraction of sp³-hybridized carbons (Fsp3) is 0.556. The van der Waals surface area contributed by atoms with Gasteiger partial charge >= 0.3 is 0 Å². The highest BCUT2D eigenvalue weighted by molar-refractivity contribution is 8.00.